The summed E-state index contributed by atoms with van der Waals surface area (Å²) in [6.07, 6.45) is 3.44. The third kappa shape index (κ3) is 5.15. The van der Waals surface area contributed by atoms with Gasteiger partial charge in [-0.25, -0.2) is 4.90 Å². The number of amides is 1. The normalized spacial score (nSPS) is 16.1. The average Bonchev–Trinajstić information content (AvgIpc) is 3.28. The molecule has 1 N–H and O–H groups in total. The van der Waals surface area contributed by atoms with E-state index in [-0.39, 0.29) is 18.0 Å². The first-order valence-electron chi connectivity index (χ1n) is 10.6. The Morgan fingerprint density at radius 3 is 2.43 bits per heavy atom. The van der Waals surface area contributed by atoms with Gasteiger partial charge >= 0.3 is 0 Å². The number of aryl methyl sites for hydroxylation is 1. The van der Waals surface area contributed by atoms with Gasteiger partial charge in [-0.2, -0.15) is 9.39 Å². The molecule has 0 saturated carbocycles. The second kappa shape index (κ2) is 10.9. The highest BCUT2D eigenvalue weighted by Crippen LogP contribution is 2.40. The van der Waals surface area contributed by atoms with E-state index in [9.17, 15) is 4.79 Å². The van der Waals surface area contributed by atoms with E-state index in [1.54, 1.807) is 23.1 Å². The molecule has 182 valence electrons. The Balaban J connectivity index is 1.54. The van der Waals surface area contributed by atoms with Crippen LogP contribution in [-0.2, 0) is 4.79 Å². The van der Waals surface area contributed by atoms with Crippen molar-refractivity contribution in [1.82, 2.24) is 4.90 Å². The van der Waals surface area contributed by atoms with Crippen molar-refractivity contribution in [3.05, 3.63) is 53.1 Å². The van der Waals surface area contributed by atoms with Gasteiger partial charge in [-0.1, -0.05) is 30.0 Å². The number of benzene rings is 2. The van der Waals surface area contributed by atoms with Crippen LogP contribution in [0.25, 0.3) is 6.08 Å². The number of nitrogens with zero attached hydrogens (tertiary/aromatic N) is 3. The molecule has 2 aromatic carbocycles. The van der Waals surface area contributed by atoms with Crippen LogP contribution in [0.1, 0.15) is 11.1 Å². The predicted molar refractivity (Wildman–Crippen MR) is 140 cm³/mol. The second-order valence-electron chi connectivity index (χ2n) is 7.33. The molecule has 4 rings (SSSR count). The molecule has 1 amide bonds. The van der Waals surface area contributed by atoms with Crippen LogP contribution in [0, 0.1) is 12.3 Å². The number of para-hydroxylation sites is 1. The third-order valence-corrected chi connectivity index (χ3v) is 6.61. The quantitative estimate of drug-likeness (QED) is 0.315. The fourth-order valence-electron chi connectivity index (χ4n) is 3.44. The smallest absolute Gasteiger partial charge is 0.283 e. The van der Waals surface area contributed by atoms with Crippen molar-refractivity contribution in [2.45, 2.75) is 6.92 Å². The molecule has 0 aliphatic carbocycles. The molecular formula is C24H24N4O5S2. The van der Waals surface area contributed by atoms with Gasteiger partial charge < -0.3 is 18.9 Å². The zero-order chi connectivity index (χ0) is 24.9. The van der Waals surface area contributed by atoms with Crippen LogP contribution >= 0.6 is 23.7 Å². The van der Waals surface area contributed by atoms with E-state index < -0.39 is 5.91 Å². The molecule has 2 aliphatic rings. The Labute approximate surface area is 211 Å². The van der Waals surface area contributed by atoms with Crippen LogP contribution in [0.2, 0.25) is 0 Å². The number of ether oxygens (including phenoxy) is 4. The van der Waals surface area contributed by atoms with Crippen molar-refractivity contribution in [3.8, 4) is 23.0 Å². The molecule has 0 unspecified atom stereocenters. The number of methoxy groups -OCH3 is 2. The van der Waals surface area contributed by atoms with Gasteiger partial charge in [-0.15, -0.1) is 0 Å². The molecule has 0 fully saturated rings. The Morgan fingerprint density at radius 2 is 1.77 bits per heavy atom. The lowest BCUT2D eigenvalue weighted by atomic mass is 10.1. The van der Waals surface area contributed by atoms with Gasteiger partial charge in [0.15, 0.2) is 16.7 Å². The maximum Gasteiger partial charge on any atom is 0.283 e. The van der Waals surface area contributed by atoms with Crippen LogP contribution in [0.4, 0.5) is 0 Å². The molecule has 11 heteroatoms. The number of hydrogen-bond acceptors (Lipinski definition) is 9. The summed E-state index contributed by atoms with van der Waals surface area (Å²) >= 11 is 2.47. The fraction of sp³-hybridized carbons (Fsp3) is 0.250. The minimum atomic E-state index is -0.502. The Hall–Kier alpha value is -3.44. The molecular weight excluding hydrogens is 488 g/mol. The molecule has 2 heterocycles. The number of rotatable bonds is 8. The molecule has 2 aromatic rings. The molecule has 2 aliphatic heterocycles. The van der Waals surface area contributed by atoms with E-state index >= 15 is 0 Å². The number of hydrogen-bond donors (Lipinski definition) is 1. The molecule has 0 aromatic heterocycles. The van der Waals surface area contributed by atoms with Gasteiger partial charge in [-0.05, 0) is 48.6 Å². The second-order valence-corrected chi connectivity index (χ2v) is 8.83. The highest BCUT2D eigenvalue weighted by atomic mass is 32.2. The summed E-state index contributed by atoms with van der Waals surface area (Å²) in [5, 5.41) is 9.56. The maximum atomic E-state index is 12.6. The number of fused-ring (bicyclic) bond motifs is 1. The van der Waals surface area contributed by atoms with E-state index in [1.165, 1.54) is 26.0 Å². The van der Waals surface area contributed by atoms with Crippen molar-refractivity contribution < 1.29 is 23.7 Å². The van der Waals surface area contributed by atoms with Crippen LogP contribution in [0.15, 0.2) is 51.4 Å². The summed E-state index contributed by atoms with van der Waals surface area (Å²) in [5.41, 5.74) is 1.79. The number of carbonyl (C=O) groups is 1. The molecule has 0 saturated heterocycles. The standard InChI is InChI=1S/C24H24N4O5S2/c1-14-7-5-6-8-17(14)32-9-10-33-20-18(30-2)12-15(13-19(20)31-3)11-16-21(25)28-23(26-22(16)29)35-27-24(28)34-4/h5-8,11-13,25H,9-10H2,1-4H3/b16-11-,25-21?. The molecule has 0 bridgehead atoms. The van der Waals surface area contributed by atoms with Gasteiger partial charge in [0.2, 0.25) is 10.9 Å². The van der Waals surface area contributed by atoms with Crippen LogP contribution < -0.4 is 18.9 Å². The molecule has 0 spiro atoms. The Morgan fingerprint density at radius 1 is 1.09 bits per heavy atom. The van der Waals surface area contributed by atoms with E-state index in [0.29, 0.717) is 39.8 Å². The SMILES string of the molecule is COc1cc(/C=C2/C(=N)N3C(SC)=NSC3=NC2=O)cc(OC)c1OCCOc1ccccc1C. The number of thioether (sulfide) groups is 1. The first-order chi connectivity index (χ1) is 17.0. The van der Waals surface area contributed by atoms with Gasteiger partial charge in [-0.3, -0.25) is 10.2 Å². The number of nitrogens with one attached hydrogen (secondary N) is 1. The zero-order valence-electron chi connectivity index (χ0n) is 19.7. The third-order valence-electron chi connectivity index (χ3n) is 5.15. The monoisotopic (exact) mass is 512 g/mol. The van der Waals surface area contributed by atoms with E-state index in [1.807, 2.05) is 37.4 Å². The highest BCUT2D eigenvalue weighted by Gasteiger charge is 2.37. The van der Waals surface area contributed by atoms with Gasteiger partial charge in [0, 0.05) is 0 Å². The van der Waals surface area contributed by atoms with Gasteiger partial charge in [0.25, 0.3) is 5.91 Å². The number of carbonyl (C=O) groups excluding carboxylic acids is 1. The lowest BCUT2D eigenvalue weighted by Crippen LogP contribution is -2.41. The molecule has 35 heavy (non-hydrogen) atoms. The lowest BCUT2D eigenvalue weighted by Gasteiger charge is -2.24. The summed E-state index contributed by atoms with van der Waals surface area (Å²) in [4.78, 5) is 18.3. The number of aliphatic imine (C=N–C) groups is 1. The van der Waals surface area contributed by atoms with E-state index in [2.05, 4.69) is 9.39 Å². The van der Waals surface area contributed by atoms with Crippen molar-refractivity contribution >= 4 is 51.9 Å². The summed E-state index contributed by atoms with van der Waals surface area (Å²) in [6, 6.07) is 11.2. The van der Waals surface area contributed by atoms with Gasteiger partial charge in [0.05, 0.1) is 31.7 Å². The van der Waals surface area contributed by atoms with E-state index in [0.717, 1.165) is 23.3 Å². The summed E-state index contributed by atoms with van der Waals surface area (Å²) < 4.78 is 27.0. The van der Waals surface area contributed by atoms with Crippen molar-refractivity contribution in [3.63, 3.8) is 0 Å². The van der Waals surface area contributed by atoms with Crippen molar-refractivity contribution in [2.24, 2.45) is 9.39 Å². The average molecular weight is 513 g/mol. The number of amidine groups is 3. The first kappa shape index (κ1) is 24.7. The van der Waals surface area contributed by atoms with Crippen molar-refractivity contribution in [1.29, 1.82) is 5.41 Å². The lowest BCUT2D eigenvalue weighted by molar-refractivity contribution is -0.114. The van der Waals surface area contributed by atoms with Crippen LogP contribution in [0.5, 0.6) is 23.0 Å². The van der Waals surface area contributed by atoms with Crippen molar-refractivity contribution in [2.75, 3.05) is 33.7 Å². The maximum absolute atomic E-state index is 12.6. The van der Waals surface area contributed by atoms with Crippen LogP contribution in [0.3, 0.4) is 0 Å². The minimum absolute atomic E-state index is 0.0183. The molecule has 0 radical (unpaired) electrons. The minimum Gasteiger partial charge on any atom is -0.493 e. The largest absolute Gasteiger partial charge is 0.493 e. The predicted octanol–water partition coefficient (Wildman–Crippen LogP) is 4.41. The Kier molecular flexibility index (Phi) is 7.67. The van der Waals surface area contributed by atoms with Gasteiger partial charge in [0.1, 0.15) is 24.8 Å². The summed E-state index contributed by atoms with van der Waals surface area (Å²) in [5.74, 6) is 1.59. The topological polar surface area (TPSA) is 106 Å². The van der Waals surface area contributed by atoms with E-state index in [4.69, 9.17) is 24.4 Å². The first-order valence-corrected chi connectivity index (χ1v) is 12.6. The molecule has 0 atom stereocenters. The summed E-state index contributed by atoms with van der Waals surface area (Å²) in [7, 11) is 3.05. The fourth-order valence-corrected chi connectivity index (χ4v) is 4.89. The summed E-state index contributed by atoms with van der Waals surface area (Å²) in [6.45, 7) is 2.59. The Bertz CT molecular complexity index is 1230. The molecule has 9 nitrogen and oxygen atoms in total. The van der Waals surface area contributed by atoms with Crippen LogP contribution in [-0.4, -0.2) is 60.7 Å². The zero-order valence-corrected chi connectivity index (χ0v) is 21.3. The highest BCUT2D eigenvalue weighted by molar-refractivity contribution is 8.18.